The van der Waals surface area contributed by atoms with Crippen molar-refractivity contribution in [2.75, 3.05) is 27.4 Å². The minimum Gasteiger partial charge on any atom is -0.494 e. The number of methoxy groups -OCH3 is 2. The zero-order chi connectivity index (χ0) is 21.8. The molecule has 2 amide bonds. The first-order valence-corrected chi connectivity index (χ1v) is 9.58. The molecule has 0 saturated carbocycles. The third-order valence-corrected chi connectivity index (χ3v) is 4.10. The first kappa shape index (κ1) is 22.7. The molecular formula is C22H27N3O5. The van der Waals surface area contributed by atoms with E-state index in [4.69, 9.17) is 14.2 Å². The third-order valence-electron chi connectivity index (χ3n) is 4.10. The largest absolute Gasteiger partial charge is 0.494 e. The number of rotatable bonds is 11. The summed E-state index contributed by atoms with van der Waals surface area (Å²) in [4.78, 5) is 23.8. The summed E-state index contributed by atoms with van der Waals surface area (Å²) < 4.78 is 15.8. The van der Waals surface area contributed by atoms with E-state index in [1.54, 1.807) is 14.2 Å². The van der Waals surface area contributed by atoms with E-state index < -0.39 is 5.91 Å². The fourth-order valence-electron chi connectivity index (χ4n) is 2.63. The quantitative estimate of drug-likeness (QED) is 0.335. The van der Waals surface area contributed by atoms with Gasteiger partial charge in [0.2, 0.25) is 11.8 Å². The number of hydrogen-bond acceptors (Lipinski definition) is 6. The van der Waals surface area contributed by atoms with Gasteiger partial charge in [0.25, 0.3) is 0 Å². The third kappa shape index (κ3) is 7.46. The number of amides is 2. The van der Waals surface area contributed by atoms with E-state index in [9.17, 15) is 9.59 Å². The van der Waals surface area contributed by atoms with Crippen LogP contribution in [0, 0.1) is 0 Å². The lowest BCUT2D eigenvalue weighted by atomic mass is 10.1. The van der Waals surface area contributed by atoms with Crippen LogP contribution in [0.15, 0.2) is 47.6 Å². The normalized spacial score (nSPS) is 10.5. The second-order valence-electron chi connectivity index (χ2n) is 6.26. The topological polar surface area (TPSA) is 98.2 Å². The van der Waals surface area contributed by atoms with Crippen molar-refractivity contribution in [2.24, 2.45) is 5.10 Å². The van der Waals surface area contributed by atoms with Gasteiger partial charge in [-0.25, -0.2) is 5.43 Å². The molecule has 8 heteroatoms. The SMILES string of the molecule is CCOc1ccc(/C=N\NC(=O)CC(=O)NCCc2ccc(OC)c(OC)c2)cc1. The minimum atomic E-state index is -0.485. The maximum Gasteiger partial charge on any atom is 0.249 e. The molecule has 0 saturated heterocycles. The Hall–Kier alpha value is -3.55. The van der Waals surface area contributed by atoms with Crippen molar-refractivity contribution in [2.45, 2.75) is 19.8 Å². The van der Waals surface area contributed by atoms with Crippen LogP contribution >= 0.6 is 0 Å². The van der Waals surface area contributed by atoms with Crippen LogP contribution in [0.3, 0.4) is 0 Å². The first-order valence-electron chi connectivity index (χ1n) is 9.58. The number of nitrogens with zero attached hydrogens (tertiary/aromatic N) is 1. The summed E-state index contributed by atoms with van der Waals surface area (Å²) in [6.45, 7) is 2.91. The molecule has 0 aliphatic rings. The first-order chi connectivity index (χ1) is 14.5. The molecule has 0 unspecified atom stereocenters. The van der Waals surface area contributed by atoms with Crippen LogP contribution in [0.1, 0.15) is 24.5 Å². The molecule has 0 heterocycles. The zero-order valence-electron chi connectivity index (χ0n) is 17.4. The van der Waals surface area contributed by atoms with Crippen LogP contribution in [-0.4, -0.2) is 45.4 Å². The fraction of sp³-hybridized carbons (Fsp3) is 0.318. The van der Waals surface area contributed by atoms with E-state index in [0.29, 0.717) is 31.1 Å². The average Bonchev–Trinajstić information content (AvgIpc) is 2.75. The summed E-state index contributed by atoms with van der Waals surface area (Å²) in [6, 6.07) is 12.8. The highest BCUT2D eigenvalue weighted by Gasteiger charge is 2.09. The summed E-state index contributed by atoms with van der Waals surface area (Å²) in [5.41, 5.74) is 4.13. The van der Waals surface area contributed by atoms with E-state index in [0.717, 1.165) is 16.9 Å². The van der Waals surface area contributed by atoms with Crippen molar-refractivity contribution in [1.82, 2.24) is 10.7 Å². The molecule has 0 aliphatic carbocycles. The Morgan fingerprint density at radius 3 is 2.40 bits per heavy atom. The molecule has 2 aromatic rings. The lowest BCUT2D eigenvalue weighted by Gasteiger charge is -2.10. The number of nitrogens with one attached hydrogen (secondary N) is 2. The maximum atomic E-state index is 11.9. The number of hydrogen-bond donors (Lipinski definition) is 2. The van der Waals surface area contributed by atoms with Crippen molar-refractivity contribution in [3.63, 3.8) is 0 Å². The summed E-state index contributed by atoms with van der Waals surface area (Å²) >= 11 is 0. The predicted molar refractivity (Wildman–Crippen MR) is 114 cm³/mol. The van der Waals surface area contributed by atoms with Gasteiger partial charge in [0.1, 0.15) is 12.2 Å². The van der Waals surface area contributed by atoms with Crippen molar-refractivity contribution < 1.29 is 23.8 Å². The average molecular weight is 413 g/mol. The summed E-state index contributed by atoms with van der Waals surface area (Å²) in [7, 11) is 3.14. The fourth-order valence-corrected chi connectivity index (χ4v) is 2.63. The molecule has 8 nitrogen and oxygen atoms in total. The van der Waals surface area contributed by atoms with Crippen LogP contribution in [0.2, 0.25) is 0 Å². The monoisotopic (exact) mass is 413 g/mol. The van der Waals surface area contributed by atoms with Crippen molar-refractivity contribution in [1.29, 1.82) is 0 Å². The molecule has 0 atom stereocenters. The van der Waals surface area contributed by atoms with E-state index in [-0.39, 0.29) is 12.3 Å². The highest BCUT2D eigenvalue weighted by Crippen LogP contribution is 2.27. The number of carbonyl (C=O) groups is 2. The van der Waals surface area contributed by atoms with E-state index in [1.165, 1.54) is 6.21 Å². The van der Waals surface area contributed by atoms with Gasteiger partial charge in [-0.1, -0.05) is 6.07 Å². The lowest BCUT2D eigenvalue weighted by molar-refractivity contribution is -0.129. The molecule has 0 aromatic heterocycles. The number of hydrazone groups is 1. The molecule has 2 rings (SSSR count). The smallest absolute Gasteiger partial charge is 0.249 e. The maximum absolute atomic E-state index is 11.9. The van der Waals surface area contributed by atoms with Crippen molar-refractivity contribution in [3.05, 3.63) is 53.6 Å². The molecular weight excluding hydrogens is 386 g/mol. The van der Waals surface area contributed by atoms with Gasteiger partial charge in [-0.15, -0.1) is 0 Å². The van der Waals surface area contributed by atoms with Gasteiger partial charge in [-0.2, -0.15) is 5.10 Å². The van der Waals surface area contributed by atoms with Gasteiger partial charge in [0.15, 0.2) is 11.5 Å². The van der Waals surface area contributed by atoms with Gasteiger partial charge in [-0.05, 0) is 60.9 Å². The molecule has 30 heavy (non-hydrogen) atoms. The predicted octanol–water partition coefficient (Wildman–Crippen LogP) is 2.30. The van der Waals surface area contributed by atoms with Crippen molar-refractivity contribution in [3.8, 4) is 17.2 Å². The van der Waals surface area contributed by atoms with Gasteiger partial charge in [-0.3, -0.25) is 9.59 Å². The van der Waals surface area contributed by atoms with Gasteiger partial charge < -0.3 is 19.5 Å². The highest BCUT2D eigenvalue weighted by molar-refractivity contribution is 5.97. The highest BCUT2D eigenvalue weighted by atomic mass is 16.5. The molecule has 0 radical (unpaired) electrons. The number of benzene rings is 2. The Balaban J connectivity index is 1.71. The van der Waals surface area contributed by atoms with Gasteiger partial charge in [0, 0.05) is 6.54 Å². The van der Waals surface area contributed by atoms with Crippen LogP contribution in [0.5, 0.6) is 17.2 Å². The Morgan fingerprint density at radius 2 is 1.73 bits per heavy atom. The van der Waals surface area contributed by atoms with Crippen LogP contribution < -0.4 is 25.0 Å². The summed E-state index contributed by atoms with van der Waals surface area (Å²) in [5, 5.41) is 6.58. The molecule has 160 valence electrons. The van der Waals surface area contributed by atoms with Gasteiger partial charge >= 0.3 is 0 Å². The molecule has 0 aliphatic heterocycles. The van der Waals surface area contributed by atoms with E-state index in [1.807, 2.05) is 49.4 Å². The Bertz CT molecular complexity index is 866. The van der Waals surface area contributed by atoms with E-state index in [2.05, 4.69) is 15.8 Å². The molecule has 2 N–H and O–H groups in total. The number of carbonyl (C=O) groups excluding carboxylic acids is 2. The van der Waals surface area contributed by atoms with Gasteiger partial charge in [0.05, 0.1) is 27.0 Å². The molecule has 2 aromatic carbocycles. The van der Waals surface area contributed by atoms with Crippen molar-refractivity contribution >= 4 is 18.0 Å². The summed E-state index contributed by atoms with van der Waals surface area (Å²) in [6.07, 6.45) is 1.80. The summed E-state index contributed by atoms with van der Waals surface area (Å²) in [5.74, 6) is 1.19. The van der Waals surface area contributed by atoms with Crippen LogP contribution in [0.4, 0.5) is 0 Å². The Kier molecular flexibility index (Phi) is 9.18. The zero-order valence-corrected chi connectivity index (χ0v) is 17.4. The second-order valence-corrected chi connectivity index (χ2v) is 6.26. The molecule has 0 bridgehead atoms. The minimum absolute atomic E-state index is 0.299. The second kappa shape index (κ2) is 12.1. The lowest BCUT2D eigenvalue weighted by Crippen LogP contribution is -2.31. The molecule has 0 spiro atoms. The Labute approximate surface area is 176 Å². The Morgan fingerprint density at radius 1 is 1.00 bits per heavy atom. The standard InChI is InChI=1S/C22H27N3O5/c1-4-30-18-8-5-17(6-9-18)15-24-25-22(27)14-21(26)23-12-11-16-7-10-19(28-2)20(13-16)29-3/h5-10,13,15H,4,11-12,14H2,1-3H3,(H,23,26)(H,25,27)/b24-15-. The molecule has 0 fully saturated rings. The van der Waals surface area contributed by atoms with E-state index >= 15 is 0 Å². The number of ether oxygens (including phenoxy) is 3. The van der Waals surface area contributed by atoms with Crippen LogP contribution in [-0.2, 0) is 16.0 Å². The van der Waals surface area contributed by atoms with Crippen LogP contribution in [0.25, 0.3) is 0 Å².